The van der Waals surface area contributed by atoms with Gasteiger partial charge >= 0.3 is 0 Å². The average molecular weight is 369 g/mol. The Labute approximate surface area is 163 Å². The molecule has 2 heterocycles. The Bertz CT molecular complexity index is 1070. The van der Waals surface area contributed by atoms with Gasteiger partial charge in [-0.1, -0.05) is 18.2 Å². The number of benzene rings is 1. The molecule has 0 spiro atoms. The summed E-state index contributed by atoms with van der Waals surface area (Å²) in [6.45, 7) is 5.48. The van der Waals surface area contributed by atoms with Crippen LogP contribution >= 0.6 is 0 Å². The van der Waals surface area contributed by atoms with Crippen LogP contribution in [0, 0.1) is 35.5 Å². The minimum absolute atomic E-state index is 0.299. The Morgan fingerprint density at radius 1 is 1.14 bits per heavy atom. The van der Waals surface area contributed by atoms with E-state index in [1.165, 1.54) is 0 Å². The summed E-state index contributed by atoms with van der Waals surface area (Å²) in [5.41, 5.74) is 3.91. The van der Waals surface area contributed by atoms with E-state index in [1.54, 1.807) is 44.3 Å². The number of amides is 1. The first-order chi connectivity index (χ1) is 13.4. The summed E-state index contributed by atoms with van der Waals surface area (Å²) in [7, 11) is 0. The number of nitrogens with zero attached hydrogens (tertiary/aromatic N) is 4. The Hall–Kier alpha value is -3.77. The van der Waals surface area contributed by atoms with Crippen LogP contribution in [0.2, 0.25) is 0 Å². The van der Waals surface area contributed by atoms with Gasteiger partial charge in [0.2, 0.25) is 0 Å². The molecule has 6 heteroatoms. The molecular formula is C22H19N5O. The van der Waals surface area contributed by atoms with Crippen LogP contribution in [-0.2, 0) is 0 Å². The molecule has 1 N–H and O–H groups in total. The van der Waals surface area contributed by atoms with Crippen LogP contribution in [0.15, 0.2) is 58.9 Å². The van der Waals surface area contributed by atoms with Crippen LogP contribution in [0.4, 0.5) is 5.82 Å². The van der Waals surface area contributed by atoms with Gasteiger partial charge in [0.05, 0.1) is 29.3 Å². The van der Waals surface area contributed by atoms with Crippen LogP contribution in [0.1, 0.15) is 41.3 Å². The number of allylic oxidation sites excluding steroid dienone is 2. The summed E-state index contributed by atoms with van der Waals surface area (Å²) < 4.78 is 0. The van der Waals surface area contributed by atoms with Crippen molar-refractivity contribution < 1.29 is 4.79 Å². The minimum Gasteiger partial charge on any atom is -0.307 e. The van der Waals surface area contributed by atoms with E-state index in [-0.39, 0.29) is 5.91 Å². The van der Waals surface area contributed by atoms with Crippen LogP contribution in [0.5, 0.6) is 0 Å². The molecule has 3 rings (SSSR count). The van der Waals surface area contributed by atoms with Gasteiger partial charge in [0.1, 0.15) is 5.82 Å². The van der Waals surface area contributed by atoms with Crippen LogP contribution in [0.3, 0.4) is 0 Å². The van der Waals surface area contributed by atoms with Crippen molar-refractivity contribution in [3.8, 4) is 12.1 Å². The van der Waals surface area contributed by atoms with Crippen molar-refractivity contribution in [2.45, 2.75) is 26.7 Å². The topological polar surface area (TPSA) is 102 Å². The quantitative estimate of drug-likeness (QED) is 0.878. The monoisotopic (exact) mass is 369 g/mol. The third-order valence-electron chi connectivity index (χ3n) is 4.75. The van der Waals surface area contributed by atoms with Gasteiger partial charge < -0.3 is 5.32 Å². The highest BCUT2D eigenvalue weighted by atomic mass is 16.1. The molecule has 1 amide bonds. The standard InChI is InChI=1S/C22H19N5O/c1-13-7-8-20(25-12-13)27-22(28)17-6-4-5-16(9-17)21-18(10-23)14(2)26-15(3)19(21)11-24/h4-9,12,18,21H,1-3H3,(H,25,27,28). The van der Waals surface area contributed by atoms with Crippen molar-refractivity contribution in [3.05, 3.63) is 70.6 Å². The fraction of sp³-hybridized carbons (Fsp3) is 0.227. The first-order valence-corrected chi connectivity index (χ1v) is 8.84. The third-order valence-corrected chi connectivity index (χ3v) is 4.75. The highest BCUT2D eigenvalue weighted by Crippen LogP contribution is 2.38. The molecule has 0 saturated heterocycles. The van der Waals surface area contributed by atoms with Gasteiger partial charge in [0.15, 0.2) is 0 Å². The van der Waals surface area contributed by atoms with Gasteiger partial charge in [-0.05, 0) is 50.1 Å². The zero-order valence-electron chi connectivity index (χ0n) is 15.9. The van der Waals surface area contributed by atoms with Crippen molar-refractivity contribution in [2.24, 2.45) is 10.9 Å². The number of rotatable bonds is 3. The molecule has 1 aliphatic heterocycles. The lowest BCUT2D eigenvalue weighted by Crippen LogP contribution is -2.25. The molecule has 1 aromatic heterocycles. The summed E-state index contributed by atoms with van der Waals surface area (Å²) >= 11 is 0. The Morgan fingerprint density at radius 2 is 1.93 bits per heavy atom. The van der Waals surface area contributed by atoms with Crippen LogP contribution in [0.25, 0.3) is 0 Å². The van der Waals surface area contributed by atoms with E-state index in [0.717, 1.165) is 11.1 Å². The van der Waals surface area contributed by atoms with Crippen LogP contribution < -0.4 is 5.32 Å². The Morgan fingerprint density at radius 3 is 2.57 bits per heavy atom. The van der Waals surface area contributed by atoms with Gasteiger partial charge in [-0.3, -0.25) is 9.79 Å². The maximum Gasteiger partial charge on any atom is 0.256 e. The van der Waals surface area contributed by atoms with Gasteiger partial charge in [-0.15, -0.1) is 0 Å². The number of anilines is 1. The van der Waals surface area contributed by atoms with Gasteiger partial charge in [0, 0.05) is 23.4 Å². The second-order valence-corrected chi connectivity index (χ2v) is 6.75. The zero-order valence-corrected chi connectivity index (χ0v) is 15.9. The highest BCUT2D eigenvalue weighted by Gasteiger charge is 2.34. The van der Waals surface area contributed by atoms with E-state index >= 15 is 0 Å². The highest BCUT2D eigenvalue weighted by molar-refractivity contribution is 6.04. The number of pyridine rings is 1. The van der Waals surface area contributed by atoms with Gasteiger partial charge in [0.25, 0.3) is 5.91 Å². The van der Waals surface area contributed by atoms with E-state index in [4.69, 9.17) is 0 Å². The third kappa shape index (κ3) is 3.67. The predicted molar refractivity (Wildman–Crippen MR) is 107 cm³/mol. The van der Waals surface area contributed by atoms with Crippen molar-refractivity contribution in [3.63, 3.8) is 0 Å². The summed E-state index contributed by atoms with van der Waals surface area (Å²) in [6.07, 6.45) is 1.68. The molecule has 0 fully saturated rings. The van der Waals surface area contributed by atoms with E-state index in [0.29, 0.717) is 28.4 Å². The number of aliphatic imine (C=N–C) groups is 1. The second-order valence-electron chi connectivity index (χ2n) is 6.75. The number of nitrogens with one attached hydrogen (secondary N) is 1. The normalized spacial score (nSPS) is 18.7. The number of hydrogen-bond acceptors (Lipinski definition) is 5. The maximum absolute atomic E-state index is 12.6. The number of aromatic nitrogens is 1. The fourth-order valence-electron chi connectivity index (χ4n) is 3.31. The second kappa shape index (κ2) is 7.85. The molecule has 1 aliphatic rings. The molecule has 138 valence electrons. The number of carbonyl (C=O) groups excluding carboxylic acids is 1. The van der Waals surface area contributed by atoms with Crippen molar-refractivity contribution in [2.75, 3.05) is 5.32 Å². The minimum atomic E-state index is -0.546. The molecule has 0 aliphatic carbocycles. The lowest BCUT2D eigenvalue weighted by Gasteiger charge is -2.27. The van der Waals surface area contributed by atoms with E-state index in [9.17, 15) is 15.3 Å². The number of aryl methyl sites for hydroxylation is 1. The van der Waals surface area contributed by atoms with E-state index in [2.05, 4.69) is 27.4 Å². The average Bonchev–Trinajstić information content (AvgIpc) is 2.69. The molecule has 28 heavy (non-hydrogen) atoms. The Balaban J connectivity index is 1.95. The smallest absolute Gasteiger partial charge is 0.256 e. The number of nitriles is 2. The van der Waals surface area contributed by atoms with Crippen LogP contribution in [-0.4, -0.2) is 16.6 Å². The first kappa shape index (κ1) is 19.0. The van der Waals surface area contributed by atoms with Gasteiger partial charge in [-0.25, -0.2) is 4.98 Å². The molecule has 2 aromatic rings. The summed E-state index contributed by atoms with van der Waals surface area (Å²) in [5, 5.41) is 22.0. The molecule has 0 radical (unpaired) electrons. The molecule has 2 unspecified atom stereocenters. The molecule has 1 aromatic carbocycles. The summed E-state index contributed by atoms with van der Waals surface area (Å²) in [5.74, 6) is -0.828. The molecule has 0 saturated carbocycles. The number of carbonyl (C=O) groups is 1. The van der Waals surface area contributed by atoms with Gasteiger partial charge in [-0.2, -0.15) is 10.5 Å². The van der Waals surface area contributed by atoms with E-state index < -0.39 is 11.8 Å². The largest absolute Gasteiger partial charge is 0.307 e. The van der Waals surface area contributed by atoms with E-state index in [1.807, 2.05) is 19.1 Å². The summed E-state index contributed by atoms with van der Waals surface area (Å²) in [4.78, 5) is 21.2. The van der Waals surface area contributed by atoms with Crippen molar-refractivity contribution in [1.29, 1.82) is 10.5 Å². The molecule has 2 atom stereocenters. The lowest BCUT2D eigenvalue weighted by molar-refractivity contribution is 0.102. The Kier molecular flexibility index (Phi) is 5.33. The summed E-state index contributed by atoms with van der Waals surface area (Å²) in [6, 6.07) is 15.1. The molecular weight excluding hydrogens is 350 g/mol. The predicted octanol–water partition coefficient (Wildman–Crippen LogP) is 4.14. The fourth-order valence-corrected chi connectivity index (χ4v) is 3.31. The lowest BCUT2D eigenvalue weighted by atomic mass is 9.76. The first-order valence-electron chi connectivity index (χ1n) is 8.84. The number of hydrogen-bond donors (Lipinski definition) is 1. The molecule has 6 nitrogen and oxygen atoms in total. The SMILES string of the molecule is CC1=NC(C)=C(C#N)C(c2cccc(C(=O)Nc3ccc(C)cn3)c2)C1C#N. The molecule has 0 bridgehead atoms. The zero-order chi connectivity index (χ0) is 20.3. The maximum atomic E-state index is 12.6. The van der Waals surface area contributed by atoms with Crippen molar-refractivity contribution >= 4 is 17.4 Å². The van der Waals surface area contributed by atoms with Crippen molar-refractivity contribution in [1.82, 2.24) is 4.98 Å².